The number of fused-ring (bicyclic) bond motifs is 1. The molecule has 0 atom stereocenters. The van der Waals surface area contributed by atoms with Gasteiger partial charge in [-0.3, -0.25) is 14.9 Å². The third-order valence-electron chi connectivity index (χ3n) is 4.59. The second kappa shape index (κ2) is 8.10. The van der Waals surface area contributed by atoms with E-state index >= 15 is 0 Å². The molecule has 3 N–H and O–H groups in total. The number of amides is 1. The third kappa shape index (κ3) is 3.81. The Hall–Kier alpha value is -3.39. The molecule has 0 spiro atoms. The number of methoxy groups -OCH3 is 1. The third-order valence-corrected chi connectivity index (χ3v) is 4.59. The van der Waals surface area contributed by atoms with Gasteiger partial charge in [0.1, 0.15) is 6.61 Å². The lowest BCUT2D eigenvalue weighted by Gasteiger charge is -2.14. The highest BCUT2D eigenvalue weighted by molar-refractivity contribution is 6.04. The molecule has 8 nitrogen and oxygen atoms in total. The number of benzene rings is 1. The summed E-state index contributed by atoms with van der Waals surface area (Å²) in [5.41, 5.74) is 3.95. The van der Waals surface area contributed by atoms with Crippen molar-refractivity contribution in [1.82, 2.24) is 20.5 Å². The SMILES string of the molecule is COc1ccc(NC(=O)c2n[nH]c3c2CNCC3)cc1OCc1ccncc1. The van der Waals surface area contributed by atoms with Crippen molar-refractivity contribution >= 4 is 11.6 Å². The molecule has 0 aliphatic carbocycles. The van der Waals surface area contributed by atoms with Crippen LogP contribution in [0.3, 0.4) is 0 Å². The molecule has 144 valence electrons. The zero-order chi connectivity index (χ0) is 19.3. The summed E-state index contributed by atoms with van der Waals surface area (Å²) in [7, 11) is 1.58. The van der Waals surface area contributed by atoms with Crippen LogP contribution in [-0.4, -0.2) is 34.7 Å². The molecule has 2 aromatic heterocycles. The van der Waals surface area contributed by atoms with Crippen LogP contribution < -0.4 is 20.1 Å². The number of nitrogens with zero attached hydrogens (tertiary/aromatic N) is 2. The molecule has 1 aromatic carbocycles. The van der Waals surface area contributed by atoms with E-state index in [9.17, 15) is 4.79 Å². The first-order valence-corrected chi connectivity index (χ1v) is 9.02. The molecule has 3 aromatic rings. The highest BCUT2D eigenvalue weighted by Crippen LogP contribution is 2.31. The normalized spacial score (nSPS) is 12.9. The average molecular weight is 379 g/mol. The lowest BCUT2D eigenvalue weighted by Crippen LogP contribution is -2.25. The molecular formula is C20H21N5O3. The van der Waals surface area contributed by atoms with E-state index in [0.29, 0.717) is 36.0 Å². The number of aromatic amines is 1. The summed E-state index contributed by atoms with van der Waals surface area (Å²) in [5.74, 6) is 0.877. The maximum atomic E-state index is 12.7. The molecule has 3 heterocycles. The van der Waals surface area contributed by atoms with E-state index in [1.165, 1.54) is 0 Å². The summed E-state index contributed by atoms with van der Waals surface area (Å²) in [5, 5.41) is 13.3. The van der Waals surface area contributed by atoms with Crippen LogP contribution in [0, 0.1) is 0 Å². The highest BCUT2D eigenvalue weighted by Gasteiger charge is 2.22. The molecule has 0 bridgehead atoms. The van der Waals surface area contributed by atoms with Gasteiger partial charge in [0, 0.05) is 54.9 Å². The van der Waals surface area contributed by atoms with Crippen molar-refractivity contribution in [2.24, 2.45) is 0 Å². The maximum absolute atomic E-state index is 12.7. The van der Waals surface area contributed by atoms with E-state index in [0.717, 1.165) is 29.8 Å². The van der Waals surface area contributed by atoms with E-state index in [1.807, 2.05) is 12.1 Å². The summed E-state index contributed by atoms with van der Waals surface area (Å²) in [4.78, 5) is 16.7. The van der Waals surface area contributed by atoms with E-state index < -0.39 is 0 Å². The summed E-state index contributed by atoms with van der Waals surface area (Å²) < 4.78 is 11.2. The van der Waals surface area contributed by atoms with E-state index in [4.69, 9.17) is 9.47 Å². The lowest BCUT2D eigenvalue weighted by atomic mass is 10.1. The number of rotatable bonds is 6. The number of ether oxygens (including phenoxy) is 2. The van der Waals surface area contributed by atoms with Crippen molar-refractivity contribution in [2.75, 3.05) is 19.0 Å². The number of anilines is 1. The minimum Gasteiger partial charge on any atom is -0.493 e. The Balaban J connectivity index is 1.50. The molecule has 0 radical (unpaired) electrons. The molecule has 0 saturated carbocycles. The quantitative estimate of drug-likeness (QED) is 0.607. The summed E-state index contributed by atoms with van der Waals surface area (Å²) >= 11 is 0. The number of nitrogens with one attached hydrogen (secondary N) is 3. The van der Waals surface area contributed by atoms with Gasteiger partial charge in [0.05, 0.1) is 7.11 Å². The van der Waals surface area contributed by atoms with Crippen LogP contribution in [0.1, 0.15) is 27.3 Å². The van der Waals surface area contributed by atoms with Gasteiger partial charge in [-0.2, -0.15) is 5.10 Å². The first-order chi connectivity index (χ1) is 13.7. The van der Waals surface area contributed by atoms with Crippen LogP contribution in [0.5, 0.6) is 11.5 Å². The Morgan fingerprint density at radius 2 is 2.07 bits per heavy atom. The predicted octanol–water partition coefficient (Wildman–Crippen LogP) is 2.29. The molecule has 8 heteroatoms. The van der Waals surface area contributed by atoms with Crippen LogP contribution in [0.2, 0.25) is 0 Å². The second-order valence-electron chi connectivity index (χ2n) is 6.42. The monoisotopic (exact) mass is 379 g/mol. The molecule has 1 aliphatic heterocycles. The van der Waals surface area contributed by atoms with Gasteiger partial charge in [0.15, 0.2) is 17.2 Å². The number of aromatic nitrogens is 3. The number of hydrogen-bond donors (Lipinski definition) is 3. The fourth-order valence-corrected chi connectivity index (χ4v) is 3.11. The standard InChI is InChI=1S/C20H21N5O3/c1-27-17-3-2-14(10-18(17)28-12-13-4-7-21-8-5-13)23-20(26)19-15-11-22-9-6-16(15)24-25-19/h2-5,7-8,10,22H,6,9,11-12H2,1H3,(H,23,26)(H,24,25). The molecule has 1 aliphatic rings. The fourth-order valence-electron chi connectivity index (χ4n) is 3.11. The average Bonchev–Trinajstić information content (AvgIpc) is 3.17. The number of pyridine rings is 1. The van der Waals surface area contributed by atoms with Gasteiger partial charge >= 0.3 is 0 Å². The van der Waals surface area contributed by atoms with E-state index in [-0.39, 0.29) is 5.91 Å². The molecule has 0 fully saturated rings. The second-order valence-corrected chi connectivity index (χ2v) is 6.42. The number of carbonyl (C=O) groups is 1. The topological polar surface area (TPSA) is 101 Å². The Bertz CT molecular complexity index is 971. The van der Waals surface area contributed by atoms with Crippen LogP contribution in [0.25, 0.3) is 0 Å². The summed E-state index contributed by atoms with van der Waals surface area (Å²) in [6.07, 6.45) is 4.27. The summed E-state index contributed by atoms with van der Waals surface area (Å²) in [6.45, 7) is 1.89. The Labute approximate surface area is 162 Å². The molecular weight excluding hydrogens is 358 g/mol. The van der Waals surface area contributed by atoms with Gasteiger partial charge in [-0.05, 0) is 29.8 Å². The fraction of sp³-hybridized carbons (Fsp3) is 0.250. The minimum atomic E-state index is -0.258. The first kappa shape index (κ1) is 18.0. The number of hydrogen-bond acceptors (Lipinski definition) is 6. The van der Waals surface area contributed by atoms with Crippen LogP contribution in [-0.2, 0) is 19.6 Å². The Kier molecular flexibility index (Phi) is 5.20. The van der Waals surface area contributed by atoms with Crippen molar-refractivity contribution in [3.05, 3.63) is 65.2 Å². The molecule has 0 saturated heterocycles. The highest BCUT2D eigenvalue weighted by atomic mass is 16.5. The zero-order valence-corrected chi connectivity index (χ0v) is 15.5. The molecule has 1 amide bonds. The smallest absolute Gasteiger partial charge is 0.276 e. The lowest BCUT2D eigenvalue weighted by molar-refractivity contribution is 0.102. The first-order valence-electron chi connectivity index (χ1n) is 9.02. The predicted molar refractivity (Wildman–Crippen MR) is 104 cm³/mol. The maximum Gasteiger partial charge on any atom is 0.276 e. The van der Waals surface area contributed by atoms with Crippen LogP contribution in [0.15, 0.2) is 42.7 Å². The van der Waals surface area contributed by atoms with Crippen molar-refractivity contribution in [1.29, 1.82) is 0 Å². The van der Waals surface area contributed by atoms with Gasteiger partial charge in [-0.1, -0.05) is 0 Å². The van der Waals surface area contributed by atoms with Gasteiger partial charge in [0.2, 0.25) is 0 Å². The van der Waals surface area contributed by atoms with Crippen molar-refractivity contribution in [3.8, 4) is 11.5 Å². The van der Waals surface area contributed by atoms with E-state index in [2.05, 4.69) is 25.8 Å². The van der Waals surface area contributed by atoms with E-state index in [1.54, 1.807) is 37.7 Å². The number of H-pyrrole nitrogens is 1. The largest absolute Gasteiger partial charge is 0.493 e. The van der Waals surface area contributed by atoms with Crippen LogP contribution in [0.4, 0.5) is 5.69 Å². The van der Waals surface area contributed by atoms with Crippen molar-refractivity contribution in [2.45, 2.75) is 19.6 Å². The van der Waals surface area contributed by atoms with Gasteiger partial charge in [-0.15, -0.1) is 0 Å². The molecule has 0 unspecified atom stereocenters. The van der Waals surface area contributed by atoms with Crippen LogP contribution >= 0.6 is 0 Å². The van der Waals surface area contributed by atoms with Gasteiger partial charge in [-0.25, -0.2) is 0 Å². The Morgan fingerprint density at radius 3 is 2.89 bits per heavy atom. The van der Waals surface area contributed by atoms with Crippen molar-refractivity contribution in [3.63, 3.8) is 0 Å². The molecule has 4 rings (SSSR count). The minimum absolute atomic E-state index is 0.258. The van der Waals surface area contributed by atoms with Crippen molar-refractivity contribution < 1.29 is 14.3 Å². The zero-order valence-electron chi connectivity index (χ0n) is 15.5. The van der Waals surface area contributed by atoms with Gasteiger partial charge < -0.3 is 20.1 Å². The summed E-state index contributed by atoms with van der Waals surface area (Å²) in [6, 6.07) is 9.04. The molecule has 28 heavy (non-hydrogen) atoms. The Morgan fingerprint density at radius 1 is 1.21 bits per heavy atom. The van der Waals surface area contributed by atoms with Gasteiger partial charge in [0.25, 0.3) is 5.91 Å². The number of carbonyl (C=O) groups excluding carboxylic acids is 1.